The van der Waals surface area contributed by atoms with Gasteiger partial charge in [0.15, 0.2) is 0 Å². The molecule has 2 heterocycles. The van der Waals surface area contributed by atoms with Gasteiger partial charge in [-0.3, -0.25) is 4.90 Å². The van der Waals surface area contributed by atoms with Gasteiger partial charge in [-0.25, -0.2) is 4.39 Å². The first kappa shape index (κ1) is 13.5. The van der Waals surface area contributed by atoms with Crippen LogP contribution in [0.3, 0.4) is 0 Å². The molecule has 20 heavy (non-hydrogen) atoms. The zero-order valence-corrected chi connectivity index (χ0v) is 11.4. The molecule has 0 radical (unpaired) electrons. The fourth-order valence-electron chi connectivity index (χ4n) is 2.57. The quantitative estimate of drug-likeness (QED) is 0.936. The summed E-state index contributed by atoms with van der Waals surface area (Å²) in [5.74, 6) is 0.110. The van der Waals surface area contributed by atoms with Gasteiger partial charge in [-0.2, -0.15) is 0 Å². The third kappa shape index (κ3) is 2.57. The predicted molar refractivity (Wildman–Crippen MR) is 73.0 cm³/mol. The maximum Gasteiger partial charge on any atom is 0.139 e. The average molecular weight is 279 g/mol. The molecule has 2 unspecified atom stereocenters. The fourth-order valence-corrected chi connectivity index (χ4v) is 2.57. The van der Waals surface area contributed by atoms with Crippen LogP contribution < -0.4 is 0 Å². The maximum absolute atomic E-state index is 13.2. The summed E-state index contributed by atoms with van der Waals surface area (Å²) in [5.41, 5.74) is 0.573. The second kappa shape index (κ2) is 5.52. The Bertz CT molecular complexity index is 598. The van der Waals surface area contributed by atoms with Gasteiger partial charge in [0.25, 0.3) is 0 Å². The van der Waals surface area contributed by atoms with Crippen molar-refractivity contribution in [1.82, 2.24) is 4.90 Å². The Morgan fingerprint density at radius 3 is 3.10 bits per heavy atom. The van der Waals surface area contributed by atoms with Crippen LogP contribution in [0.2, 0.25) is 0 Å². The first-order valence-electron chi connectivity index (χ1n) is 6.88. The zero-order chi connectivity index (χ0) is 14.1. The fraction of sp³-hybridized carbons (Fsp3) is 0.467. The summed E-state index contributed by atoms with van der Waals surface area (Å²) in [7, 11) is 0. The van der Waals surface area contributed by atoms with Crippen LogP contribution >= 0.6 is 0 Å². The van der Waals surface area contributed by atoms with Crippen molar-refractivity contribution >= 4 is 11.0 Å². The van der Waals surface area contributed by atoms with Crippen molar-refractivity contribution in [3.05, 3.63) is 35.8 Å². The highest BCUT2D eigenvalue weighted by molar-refractivity contribution is 5.77. The van der Waals surface area contributed by atoms with Gasteiger partial charge in [-0.1, -0.05) is 6.92 Å². The number of aliphatic hydroxyl groups is 1. The molecule has 1 aliphatic rings. The molecule has 4 nitrogen and oxygen atoms in total. The van der Waals surface area contributed by atoms with Crippen molar-refractivity contribution in [3.8, 4) is 0 Å². The van der Waals surface area contributed by atoms with Crippen molar-refractivity contribution in [2.24, 2.45) is 0 Å². The normalized spacial score (nSPS) is 22.2. The molecular formula is C15H18FNO3. The summed E-state index contributed by atoms with van der Waals surface area (Å²) >= 11 is 0. The van der Waals surface area contributed by atoms with Crippen LogP contribution in [0.4, 0.5) is 4.39 Å². The number of ether oxygens (including phenoxy) is 1. The lowest BCUT2D eigenvalue weighted by Gasteiger charge is -2.33. The minimum atomic E-state index is -0.834. The van der Waals surface area contributed by atoms with Crippen LogP contribution in [0.25, 0.3) is 11.0 Å². The molecule has 2 aromatic rings. The average Bonchev–Trinajstić information content (AvgIpc) is 2.89. The number of hydrogen-bond donors (Lipinski definition) is 1. The second-order valence-electron chi connectivity index (χ2n) is 5.08. The molecule has 0 aliphatic carbocycles. The molecule has 2 atom stereocenters. The summed E-state index contributed by atoms with van der Waals surface area (Å²) in [5, 5.41) is 11.0. The van der Waals surface area contributed by atoms with Gasteiger partial charge < -0.3 is 14.3 Å². The first-order valence-corrected chi connectivity index (χ1v) is 6.88. The van der Waals surface area contributed by atoms with E-state index in [1.165, 1.54) is 12.1 Å². The Morgan fingerprint density at radius 2 is 2.30 bits per heavy atom. The largest absolute Gasteiger partial charge is 0.458 e. The highest BCUT2D eigenvalue weighted by Crippen LogP contribution is 2.28. The maximum atomic E-state index is 13.2. The number of benzene rings is 1. The molecule has 0 spiro atoms. The van der Waals surface area contributed by atoms with E-state index in [1.54, 1.807) is 12.1 Å². The van der Waals surface area contributed by atoms with E-state index in [4.69, 9.17) is 9.15 Å². The first-order chi connectivity index (χ1) is 9.67. The van der Waals surface area contributed by atoms with Crippen molar-refractivity contribution in [2.75, 3.05) is 26.2 Å². The minimum absolute atomic E-state index is 0.311. The molecule has 3 rings (SSSR count). The van der Waals surface area contributed by atoms with Gasteiger partial charge in [0.2, 0.25) is 0 Å². The molecule has 0 saturated carbocycles. The molecule has 5 heteroatoms. The Kier molecular flexibility index (Phi) is 3.74. The van der Waals surface area contributed by atoms with E-state index in [2.05, 4.69) is 11.8 Å². The summed E-state index contributed by atoms with van der Waals surface area (Å²) in [6.45, 7) is 5.16. The van der Waals surface area contributed by atoms with Crippen molar-refractivity contribution in [3.63, 3.8) is 0 Å². The van der Waals surface area contributed by atoms with Crippen molar-refractivity contribution in [2.45, 2.75) is 19.1 Å². The number of rotatable bonds is 3. The van der Waals surface area contributed by atoms with E-state index >= 15 is 0 Å². The van der Waals surface area contributed by atoms with Gasteiger partial charge in [0, 0.05) is 18.5 Å². The van der Waals surface area contributed by atoms with Crippen molar-refractivity contribution < 1.29 is 18.7 Å². The number of furan rings is 1. The molecule has 1 aromatic carbocycles. The van der Waals surface area contributed by atoms with Crippen LogP contribution in [-0.2, 0) is 4.74 Å². The number of morpholine rings is 1. The lowest BCUT2D eigenvalue weighted by Crippen LogP contribution is -2.44. The van der Waals surface area contributed by atoms with Gasteiger partial charge in [-0.05, 0) is 30.8 Å². The number of hydrogen-bond acceptors (Lipinski definition) is 4. The van der Waals surface area contributed by atoms with E-state index in [9.17, 15) is 9.50 Å². The Labute approximate surface area is 116 Å². The molecule has 1 aromatic heterocycles. The lowest BCUT2D eigenvalue weighted by atomic mass is 10.1. The number of nitrogens with zero attached hydrogens (tertiary/aromatic N) is 1. The van der Waals surface area contributed by atoms with Crippen LogP contribution in [0, 0.1) is 5.82 Å². The predicted octanol–water partition coefficient (Wildman–Crippen LogP) is 2.33. The van der Waals surface area contributed by atoms with Gasteiger partial charge >= 0.3 is 0 Å². The van der Waals surface area contributed by atoms with Crippen LogP contribution in [0.1, 0.15) is 18.8 Å². The third-order valence-corrected chi connectivity index (χ3v) is 3.77. The SMILES string of the molecule is CCN1CCOC(C(O)c2cc3cc(F)ccc3o2)C1. The number of halogens is 1. The Hall–Kier alpha value is -1.43. The summed E-state index contributed by atoms with van der Waals surface area (Å²) < 4.78 is 24.4. The highest BCUT2D eigenvalue weighted by atomic mass is 19.1. The van der Waals surface area contributed by atoms with E-state index in [-0.39, 0.29) is 11.9 Å². The molecular weight excluding hydrogens is 261 g/mol. The van der Waals surface area contributed by atoms with E-state index in [0.29, 0.717) is 29.9 Å². The van der Waals surface area contributed by atoms with E-state index in [1.807, 2.05) is 0 Å². The van der Waals surface area contributed by atoms with E-state index < -0.39 is 6.10 Å². The van der Waals surface area contributed by atoms with E-state index in [0.717, 1.165) is 13.1 Å². The summed E-state index contributed by atoms with van der Waals surface area (Å²) in [4.78, 5) is 2.22. The molecule has 108 valence electrons. The van der Waals surface area contributed by atoms with Gasteiger partial charge in [0.1, 0.15) is 29.4 Å². The highest BCUT2D eigenvalue weighted by Gasteiger charge is 2.29. The lowest BCUT2D eigenvalue weighted by molar-refractivity contribution is -0.0940. The molecule has 1 saturated heterocycles. The number of fused-ring (bicyclic) bond motifs is 1. The zero-order valence-electron chi connectivity index (χ0n) is 11.4. The van der Waals surface area contributed by atoms with Crippen LogP contribution in [0.5, 0.6) is 0 Å². The number of aliphatic hydroxyl groups excluding tert-OH is 1. The van der Waals surface area contributed by atoms with Gasteiger partial charge in [-0.15, -0.1) is 0 Å². The molecule has 1 aliphatic heterocycles. The van der Waals surface area contributed by atoms with Crippen molar-refractivity contribution in [1.29, 1.82) is 0 Å². The van der Waals surface area contributed by atoms with Crippen LogP contribution in [0.15, 0.2) is 28.7 Å². The molecule has 1 N–H and O–H groups in total. The summed E-state index contributed by atoms with van der Waals surface area (Å²) in [6, 6.07) is 5.99. The van der Waals surface area contributed by atoms with Crippen LogP contribution in [-0.4, -0.2) is 42.4 Å². The monoisotopic (exact) mass is 279 g/mol. The topological polar surface area (TPSA) is 45.8 Å². The van der Waals surface area contributed by atoms with Gasteiger partial charge in [0.05, 0.1) is 6.61 Å². The Balaban J connectivity index is 1.82. The number of likely N-dealkylation sites (N-methyl/N-ethyl adjacent to an activating group) is 1. The third-order valence-electron chi connectivity index (χ3n) is 3.77. The minimum Gasteiger partial charge on any atom is -0.458 e. The molecule has 0 bridgehead atoms. The molecule has 0 amide bonds. The summed E-state index contributed by atoms with van der Waals surface area (Å²) in [6.07, 6.45) is -1.14. The smallest absolute Gasteiger partial charge is 0.139 e. The molecule has 1 fully saturated rings. The standard InChI is InChI=1S/C15H18FNO3/c1-2-17-5-6-19-14(9-17)15(18)13-8-10-7-11(16)3-4-12(10)20-13/h3-4,7-8,14-15,18H,2,5-6,9H2,1H3. The second-order valence-corrected chi connectivity index (χ2v) is 5.08. The Morgan fingerprint density at radius 1 is 1.45 bits per heavy atom.